The molecule has 3 rings (SSSR count). The van der Waals surface area contributed by atoms with Crippen LogP contribution in [0.25, 0.3) is 11.2 Å². The van der Waals surface area contributed by atoms with Crippen molar-refractivity contribution in [3.8, 4) is 0 Å². The fraction of sp³-hybridized carbons (Fsp3) is 0.545. The van der Waals surface area contributed by atoms with E-state index >= 15 is 0 Å². The molecular weight excluding hydrogens is 281 g/mol. The van der Waals surface area contributed by atoms with Crippen molar-refractivity contribution in [2.45, 2.75) is 25.2 Å². The summed E-state index contributed by atoms with van der Waals surface area (Å²) < 4.78 is 13.1. The third kappa shape index (κ3) is 2.60. The minimum Gasteiger partial charge on any atom is -0.390 e. The number of nitrogens with two attached hydrogens (primary N) is 1. The highest BCUT2D eigenvalue weighted by atomic mass is 31.1. The number of hydrogen-bond donors (Lipinski definition) is 2. The first-order valence-corrected chi connectivity index (χ1v) is 7.45. The Hall–Kier alpha value is -1.34. The number of aliphatic hydroxyl groups excluding tert-OH is 1. The van der Waals surface area contributed by atoms with Crippen LogP contribution in [-0.4, -0.2) is 43.7 Å². The largest absolute Gasteiger partial charge is 0.390 e. The maximum absolute atomic E-state index is 8.69. The van der Waals surface area contributed by atoms with Crippen molar-refractivity contribution in [3.05, 3.63) is 12.7 Å². The standard InChI is InChI=1S/C11H16N5O3P/c12-10-9-11(14-4-13-10)16(5-15-9)8-2-1-7(19-8)3-18-20-6-17/h4-5,7-8,17,20H,1-3,6H2,(H2,12,13,14)/t7-,8?/m0/s1. The summed E-state index contributed by atoms with van der Waals surface area (Å²) in [6.07, 6.45) is 4.86. The SMILES string of the molecule is Nc1ncnc2c1ncn2C1CC[C@@H](COPCO)O1. The van der Waals surface area contributed by atoms with Gasteiger partial charge < -0.3 is 20.1 Å². The molecule has 3 N–H and O–H groups in total. The van der Waals surface area contributed by atoms with Crippen LogP contribution < -0.4 is 5.73 Å². The molecule has 0 radical (unpaired) electrons. The second-order valence-corrected chi connectivity index (χ2v) is 5.38. The maximum Gasteiger partial charge on any atom is 0.167 e. The van der Waals surface area contributed by atoms with Gasteiger partial charge in [-0.2, -0.15) is 0 Å². The predicted molar refractivity (Wildman–Crippen MR) is 74.2 cm³/mol. The molecule has 3 atom stereocenters. The molecule has 9 heteroatoms. The van der Waals surface area contributed by atoms with E-state index in [9.17, 15) is 0 Å². The summed E-state index contributed by atoms with van der Waals surface area (Å²) >= 11 is 0. The van der Waals surface area contributed by atoms with Crippen LogP contribution in [0.2, 0.25) is 0 Å². The fourth-order valence-electron chi connectivity index (χ4n) is 2.29. The molecule has 2 aromatic heterocycles. The van der Waals surface area contributed by atoms with Crippen LogP contribution in [0.4, 0.5) is 5.82 Å². The average molecular weight is 297 g/mol. The predicted octanol–water partition coefficient (Wildman–Crippen LogP) is 0.646. The zero-order valence-corrected chi connectivity index (χ0v) is 11.8. The van der Waals surface area contributed by atoms with E-state index in [2.05, 4.69) is 15.0 Å². The van der Waals surface area contributed by atoms with E-state index in [-0.39, 0.29) is 27.5 Å². The number of nitrogens with zero attached hydrogens (tertiary/aromatic N) is 4. The molecule has 0 amide bonds. The lowest BCUT2D eigenvalue weighted by Crippen LogP contribution is -2.15. The number of nitrogen functional groups attached to an aromatic ring is 1. The molecule has 8 nitrogen and oxygen atoms in total. The molecule has 0 aromatic carbocycles. The summed E-state index contributed by atoms with van der Waals surface area (Å²) in [7, 11) is 0.108. The molecule has 0 saturated carbocycles. The Kier molecular flexibility index (Phi) is 4.07. The van der Waals surface area contributed by atoms with Gasteiger partial charge in [-0.25, -0.2) is 15.0 Å². The van der Waals surface area contributed by atoms with Gasteiger partial charge in [-0.3, -0.25) is 4.57 Å². The van der Waals surface area contributed by atoms with Crippen LogP contribution in [0.5, 0.6) is 0 Å². The normalized spacial score (nSPS) is 23.2. The van der Waals surface area contributed by atoms with E-state index < -0.39 is 0 Å². The van der Waals surface area contributed by atoms with Crippen LogP contribution in [0.1, 0.15) is 19.1 Å². The van der Waals surface area contributed by atoms with Crippen LogP contribution in [-0.2, 0) is 9.26 Å². The molecule has 1 aliphatic rings. The van der Waals surface area contributed by atoms with Crippen molar-refractivity contribution in [2.24, 2.45) is 0 Å². The quantitative estimate of drug-likeness (QED) is 0.616. The van der Waals surface area contributed by atoms with Gasteiger partial charge in [0.05, 0.1) is 25.4 Å². The molecule has 1 saturated heterocycles. The van der Waals surface area contributed by atoms with Crippen molar-refractivity contribution in [1.29, 1.82) is 0 Å². The number of rotatable bonds is 5. The highest BCUT2D eigenvalue weighted by Gasteiger charge is 2.28. The van der Waals surface area contributed by atoms with Crippen molar-refractivity contribution in [3.63, 3.8) is 0 Å². The van der Waals surface area contributed by atoms with Crippen molar-refractivity contribution in [1.82, 2.24) is 19.5 Å². The van der Waals surface area contributed by atoms with E-state index in [1.807, 2.05) is 4.57 Å². The fourth-order valence-corrected chi connectivity index (χ4v) is 2.69. The summed E-state index contributed by atoms with van der Waals surface area (Å²) in [5, 5.41) is 8.69. The lowest BCUT2D eigenvalue weighted by molar-refractivity contribution is -0.0138. The number of ether oxygens (including phenoxy) is 1. The minimum absolute atomic E-state index is 0.0377. The van der Waals surface area contributed by atoms with Crippen LogP contribution in [0.15, 0.2) is 12.7 Å². The molecule has 108 valence electrons. The Balaban J connectivity index is 1.72. The zero-order valence-electron chi connectivity index (χ0n) is 10.8. The van der Waals surface area contributed by atoms with Gasteiger partial charge in [0, 0.05) is 8.81 Å². The lowest BCUT2D eigenvalue weighted by atomic mass is 10.2. The number of fused-ring (bicyclic) bond motifs is 1. The molecule has 1 aliphatic heterocycles. The van der Waals surface area contributed by atoms with Gasteiger partial charge in [0.15, 0.2) is 11.5 Å². The molecule has 0 bridgehead atoms. The molecule has 20 heavy (non-hydrogen) atoms. The Morgan fingerprint density at radius 2 is 2.35 bits per heavy atom. The molecule has 0 spiro atoms. The first kappa shape index (κ1) is 13.6. The van der Waals surface area contributed by atoms with E-state index in [1.54, 1.807) is 6.33 Å². The molecule has 1 fully saturated rings. The van der Waals surface area contributed by atoms with Crippen LogP contribution in [0, 0.1) is 0 Å². The van der Waals surface area contributed by atoms with E-state index in [4.69, 9.17) is 20.1 Å². The van der Waals surface area contributed by atoms with Gasteiger partial charge in [-0.15, -0.1) is 0 Å². The molecule has 2 unspecified atom stereocenters. The van der Waals surface area contributed by atoms with Crippen molar-refractivity contribution in [2.75, 3.05) is 18.7 Å². The summed E-state index contributed by atoms with van der Waals surface area (Å²) in [6, 6.07) is 0. The molecule has 3 heterocycles. The first-order chi connectivity index (χ1) is 9.79. The number of hydrogen-bond acceptors (Lipinski definition) is 7. The summed E-state index contributed by atoms with van der Waals surface area (Å²) in [5.41, 5.74) is 7.04. The number of aromatic nitrogens is 4. The smallest absolute Gasteiger partial charge is 0.167 e. The van der Waals surface area contributed by atoms with E-state index in [0.717, 1.165) is 12.8 Å². The maximum atomic E-state index is 8.69. The highest BCUT2D eigenvalue weighted by Crippen LogP contribution is 2.31. The van der Waals surface area contributed by atoms with Crippen LogP contribution >= 0.6 is 8.81 Å². The van der Waals surface area contributed by atoms with Gasteiger partial charge in [-0.1, -0.05) is 0 Å². The Labute approximate surface area is 117 Å². The van der Waals surface area contributed by atoms with Gasteiger partial charge in [0.25, 0.3) is 0 Å². The summed E-state index contributed by atoms with van der Waals surface area (Å²) in [5.74, 6) is 0.371. The Morgan fingerprint density at radius 3 is 3.20 bits per heavy atom. The molecular formula is C11H16N5O3P. The summed E-state index contributed by atoms with van der Waals surface area (Å²) in [4.78, 5) is 12.4. The van der Waals surface area contributed by atoms with Gasteiger partial charge in [0.2, 0.25) is 0 Å². The van der Waals surface area contributed by atoms with Gasteiger partial charge in [0.1, 0.15) is 18.1 Å². The number of anilines is 1. The summed E-state index contributed by atoms with van der Waals surface area (Å²) in [6.45, 7) is 0.499. The monoisotopic (exact) mass is 297 g/mol. The topological polar surface area (TPSA) is 108 Å². The minimum atomic E-state index is -0.111. The third-order valence-electron chi connectivity index (χ3n) is 3.22. The van der Waals surface area contributed by atoms with E-state index in [1.165, 1.54) is 6.33 Å². The van der Waals surface area contributed by atoms with E-state index in [0.29, 0.717) is 23.6 Å². The molecule has 0 aliphatic carbocycles. The number of aliphatic hydroxyl groups is 1. The highest BCUT2D eigenvalue weighted by molar-refractivity contribution is 7.31. The van der Waals surface area contributed by atoms with Crippen LogP contribution in [0.3, 0.4) is 0 Å². The lowest BCUT2D eigenvalue weighted by Gasteiger charge is -2.15. The second-order valence-electron chi connectivity index (χ2n) is 4.49. The number of imidazole rings is 1. The second kappa shape index (κ2) is 5.97. The molecule has 2 aromatic rings. The average Bonchev–Trinajstić information content (AvgIpc) is 3.06. The van der Waals surface area contributed by atoms with Gasteiger partial charge >= 0.3 is 0 Å². The first-order valence-electron chi connectivity index (χ1n) is 6.33. The zero-order chi connectivity index (χ0) is 13.9. The Bertz CT molecular complexity index is 592. The Morgan fingerprint density at radius 1 is 1.45 bits per heavy atom. The van der Waals surface area contributed by atoms with Crippen molar-refractivity contribution >= 4 is 25.8 Å². The third-order valence-corrected chi connectivity index (χ3v) is 3.72. The van der Waals surface area contributed by atoms with Crippen molar-refractivity contribution < 1.29 is 14.4 Å². The van der Waals surface area contributed by atoms with Gasteiger partial charge in [-0.05, 0) is 12.8 Å².